The van der Waals surface area contributed by atoms with Crippen LogP contribution in [0.15, 0.2) is 47.5 Å². The highest BCUT2D eigenvalue weighted by molar-refractivity contribution is 6.03. The fourth-order valence-corrected chi connectivity index (χ4v) is 4.47. The highest BCUT2D eigenvalue weighted by atomic mass is 16.4. The van der Waals surface area contributed by atoms with E-state index in [1.807, 2.05) is 30.3 Å². The van der Waals surface area contributed by atoms with Crippen molar-refractivity contribution in [2.75, 3.05) is 29.9 Å². The standard InChI is InChI=1S/C25H26N4O3/c1-16(30)28-10-9-27(2)24-21(12-19(25(31)32)13-23(24)28)26-14-20-11-18-5-3-4-6-22(18)29(20)15-17-7-8-17/h3-6,11-14,17H,7-10,15H2,1-2H3,(H,31,32). The summed E-state index contributed by atoms with van der Waals surface area (Å²) in [5, 5.41) is 10.8. The van der Waals surface area contributed by atoms with Crippen LogP contribution < -0.4 is 9.80 Å². The van der Waals surface area contributed by atoms with Crippen LogP contribution >= 0.6 is 0 Å². The van der Waals surface area contributed by atoms with Gasteiger partial charge in [0.25, 0.3) is 0 Å². The van der Waals surface area contributed by atoms with E-state index in [0.717, 1.165) is 23.3 Å². The predicted octanol–water partition coefficient (Wildman–Crippen LogP) is 4.30. The quantitative estimate of drug-likeness (QED) is 0.612. The Morgan fingerprint density at radius 3 is 2.66 bits per heavy atom. The molecule has 1 aliphatic heterocycles. The van der Waals surface area contributed by atoms with Crippen LogP contribution in [0, 0.1) is 5.92 Å². The highest BCUT2D eigenvalue weighted by Gasteiger charge is 2.28. The zero-order chi connectivity index (χ0) is 22.4. The van der Waals surface area contributed by atoms with Gasteiger partial charge in [0.1, 0.15) is 0 Å². The van der Waals surface area contributed by atoms with E-state index < -0.39 is 5.97 Å². The molecule has 3 aromatic rings. The van der Waals surface area contributed by atoms with Crippen LogP contribution in [0.2, 0.25) is 0 Å². The molecule has 1 aromatic heterocycles. The van der Waals surface area contributed by atoms with Crippen LogP contribution in [0.1, 0.15) is 35.8 Å². The number of carbonyl (C=O) groups excluding carboxylic acids is 1. The first-order chi connectivity index (χ1) is 15.4. The zero-order valence-corrected chi connectivity index (χ0v) is 18.3. The van der Waals surface area contributed by atoms with Gasteiger partial charge in [0.15, 0.2) is 0 Å². The Bertz CT molecular complexity index is 1260. The van der Waals surface area contributed by atoms with E-state index in [0.29, 0.717) is 30.4 Å². The smallest absolute Gasteiger partial charge is 0.335 e. The second kappa shape index (κ2) is 7.82. The molecule has 2 aromatic carbocycles. The lowest BCUT2D eigenvalue weighted by molar-refractivity contribution is -0.116. The average Bonchev–Trinajstić information content (AvgIpc) is 3.52. The van der Waals surface area contributed by atoms with Crippen LogP contribution in [0.3, 0.4) is 0 Å². The average molecular weight is 431 g/mol. The minimum atomic E-state index is -1.04. The maximum Gasteiger partial charge on any atom is 0.335 e. The van der Waals surface area contributed by atoms with Gasteiger partial charge < -0.3 is 19.5 Å². The molecule has 7 nitrogen and oxygen atoms in total. The molecule has 164 valence electrons. The summed E-state index contributed by atoms with van der Waals surface area (Å²) in [6, 6.07) is 13.6. The lowest BCUT2D eigenvalue weighted by atomic mass is 10.1. The van der Waals surface area contributed by atoms with Gasteiger partial charge in [-0.15, -0.1) is 0 Å². The van der Waals surface area contributed by atoms with Gasteiger partial charge in [-0.1, -0.05) is 18.2 Å². The number of para-hydroxylation sites is 1. The number of carboxylic acids is 1. The number of carbonyl (C=O) groups is 2. The van der Waals surface area contributed by atoms with Crippen molar-refractivity contribution < 1.29 is 14.7 Å². The summed E-state index contributed by atoms with van der Waals surface area (Å²) < 4.78 is 2.30. The van der Waals surface area contributed by atoms with Gasteiger partial charge in [-0.3, -0.25) is 9.79 Å². The molecular formula is C25H26N4O3. The fourth-order valence-electron chi connectivity index (χ4n) is 4.47. The minimum Gasteiger partial charge on any atom is -0.478 e. The molecule has 0 unspecified atom stereocenters. The molecule has 1 N–H and O–H groups in total. The van der Waals surface area contributed by atoms with Gasteiger partial charge in [0.2, 0.25) is 5.91 Å². The summed E-state index contributed by atoms with van der Waals surface area (Å²) in [6.07, 6.45) is 4.33. The molecule has 0 bridgehead atoms. The Kier molecular flexibility index (Phi) is 4.96. The Hall–Kier alpha value is -3.61. The Balaban J connectivity index is 1.63. The Labute approximate surface area is 186 Å². The number of rotatable bonds is 5. The molecule has 0 atom stereocenters. The number of hydrogen-bond donors (Lipinski definition) is 1. The molecule has 1 saturated carbocycles. The third-order valence-electron chi connectivity index (χ3n) is 6.34. The van der Waals surface area contributed by atoms with E-state index in [4.69, 9.17) is 4.99 Å². The van der Waals surface area contributed by atoms with Crippen molar-refractivity contribution in [1.29, 1.82) is 0 Å². The molecular weight excluding hydrogens is 404 g/mol. The van der Waals surface area contributed by atoms with Gasteiger partial charge >= 0.3 is 5.97 Å². The number of benzene rings is 2. The number of aromatic nitrogens is 1. The lowest BCUT2D eigenvalue weighted by Crippen LogP contribution is -2.41. The van der Waals surface area contributed by atoms with E-state index in [1.54, 1.807) is 17.0 Å². The molecule has 1 amide bonds. The molecule has 2 heterocycles. The van der Waals surface area contributed by atoms with Crippen molar-refractivity contribution >= 4 is 46.1 Å². The topological polar surface area (TPSA) is 78.1 Å². The number of amides is 1. The number of aliphatic imine (C=N–C) groups is 1. The van der Waals surface area contributed by atoms with Crippen molar-refractivity contribution in [3.63, 3.8) is 0 Å². The van der Waals surface area contributed by atoms with Crippen molar-refractivity contribution in [3.8, 4) is 0 Å². The molecule has 7 heteroatoms. The van der Waals surface area contributed by atoms with Crippen LogP contribution in [0.25, 0.3) is 10.9 Å². The monoisotopic (exact) mass is 430 g/mol. The Morgan fingerprint density at radius 1 is 1.16 bits per heavy atom. The second-order valence-electron chi connectivity index (χ2n) is 8.70. The number of carboxylic acid groups (broad SMARTS) is 1. The van der Waals surface area contributed by atoms with Crippen molar-refractivity contribution in [2.45, 2.75) is 26.3 Å². The number of likely N-dealkylation sites (N-methyl/N-ethyl adjacent to an activating group) is 1. The third kappa shape index (κ3) is 3.64. The molecule has 5 rings (SSSR count). The van der Waals surface area contributed by atoms with Gasteiger partial charge in [0.05, 0.1) is 34.5 Å². The molecule has 1 fully saturated rings. The molecule has 1 aliphatic carbocycles. The third-order valence-corrected chi connectivity index (χ3v) is 6.34. The summed E-state index contributed by atoms with van der Waals surface area (Å²) >= 11 is 0. The van der Waals surface area contributed by atoms with E-state index in [-0.39, 0.29) is 11.5 Å². The zero-order valence-electron chi connectivity index (χ0n) is 18.3. The molecule has 0 spiro atoms. The summed E-state index contributed by atoms with van der Waals surface area (Å²) in [5.74, 6) is -0.443. The summed E-state index contributed by atoms with van der Waals surface area (Å²) in [5.41, 5.74) is 4.22. The number of hydrogen-bond acceptors (Lipinski definition) is 4. The van der Waals surface area contributed by atoms with Crippen LogP contribution in [-0.2, 0) is 11.3 Å². The Morgan fingerprint density at radius 2 is 1.94 bits per heavy atom. The van der Waals surface area contributed by atoms with E-state index in [1.165, 1.54) is 25.3 Å². The summed E-state index contributed by atoms with van der Waals surface area (Å²) in [7, 11) is 1.94. The van der Waals surface area contributed by atoms with Crippen molar-refractivity contribution in [2.24, 2.45) is 10.9 Å². The second-order valence-corrected chi connectivity index (χ2v) is 8.70. The summed E-state index contributed by atoms with van der Waals surface area (Å²) in [4.78, 5) is 32.4. The molecule has 2 aliphatic rings. The van der Waals surface area contributed by atoms with E-state index >= 15 is 0 Å². The molecule has 32 heavy (non-hydrogen) atoms. The van der Waals surface area contributed by atoms with Crippen molar-refractivity contribution in [3.05, 3.63) is 53.7 Å². The lowest BCUT2D eigenvalue weighted by Gasteiger charge is -2.36. The molecule has 0 radical (unpaired) electrons. The first kappa shape index (κ1) is 20.3. The van der Waals surface area contributed by atoms with E-state index in [2.05, 4.69) is 22.8 Å². The fraction of sp³-hybridized carbons (Fsp3) is 0.320. The van der Waals surface area contributed by atoms with Gasteiger partial charge in [0, 0.05) is 44.5 Å². The number of fused-ring (bicyclic) bond motifs is 2. The SMILES string of the molecule is CC(=O)N1CCN(C)c2c(N=Cc3cc4ccccc4n3CC3CC3)cc(C(=O)O)cc21. The van der Waals surface area contributed by atoms with E-state index in [9.17, 15) is 14.7 Å². The first-order valence-corrected chi connectivity index (χ1v) is 11.0. The highest BCUT2D eigenvalue weighted by Crippen LogP contribution is 2.42. The number of aromatic carboxylic acids is 1. The van der Waals surface area contributed by atoms with Crippen LogP contribution in [0.4, 0.5) is 17.1 Å². The van der Waals surface area contributed by atoms with Crippen LogP contribution in [0.5, 0.6) is 0 Å². The molecule has 0 saturated heterocycles. The van der Waals surface area contributed by atoms with Gasteiger partial charge in [-0.25, -0.2) is 4.79 Å². The minimum absolute atomic E-state index is 0.110. The number of nitrogens with zero attached hydrogens (tertiary/aromatic N) is 4. The number of anilines is 2. The van der Waals surface area contributed by atoms with Gasteiger partial charge in [-0.2, -0.15) is 0 Å². The van der Waals surface area contributed by atoms with Crippen molar-refractivity contribution in [1.82, 2.24) is 4.57 Å². The van der Waals surface area contributed by atoms with Crippen LogP contribution in [-0.4, -0.2) is 47.9 Å². The predicted molar refractivity (Wildman–Crippen MR) is 127 cm³/mol. The normalized spacial score (nSPS) is 16.1. The first-order valence-electron chi connectivity index (χ1n) is 11.0. The van der Waals surface area contributed by atoms with Gasteiger partial charge in [-0.05, 0) is 43.0 Å². The maximum absolute atomic E-state index is 12.2. The maximum atomic E-state index is 12.2. The largest absolute Gasteiger partial charge is 0.478 e. The summed E-state index contributed by atoms with van der Waals surface area (Å²) in [6.45, 7) is 3.63.